The highest BCUT2D eigenvalue weighted by Gasteiger charge is 2.26. The Morgan fingerprint density at radius 1 is 0.877 bits per heavy atom. The van der Waals surface area contributed by atoms with E-state index in [1.54, 1.807) is 45.1 Å². The summed E-state index contributed by atoms with van der Waals surface area (Å²) in [5.74, 6) is -0.311. The van der Waals surface area contributed by atoms with Crippen molar-refractivity contribution in [2.45, 2.75) is 72.9 Å². The molecule has 1 aliphatic carbocycles. The minimum Gasteiger partial charge on any atom is -0.491 e. The minimum absolute atomic E-state index is 0.00302. The number of nitrogens with one attached hydrogen (secondary N) is 2. The van der Waals surface area contributed by atoms with Crippen LogP contribution in [0.15, 0.2) is 42.5 Å². The molecule has 298 valence electrons. The lowest BCUT2D eigenvalue weighted by atomic mass is 10.1. The second-order valence-electron chi connectivity index (χ2n) is 13.8. The van der Waals surface area contributed by atoms with E-state index in [-0.39, 0.29) is 36.4 Å². The second-order valence-corrected chi connectivity index (χ2v) is 13.8. The van der Waals surface area contributed by atoms with Gasteiger partial charge in [-0.1, -0.05) is 12.2 Å². The van der Waals surface area contributed by atoms with Crippen molar-refractivity contribution < 1.29 is 29.0 Å². The zero-order valence-electron chi connectivity index (χ0n) is 32.3. The smallest absolute Gasteiger partial charge is 0.276 e. The standard InChI is InChI=1S/C38H45N13O6/c1-6-50-27(14-20(3)46-50)34(54)44-37-41-25-16-23(31(39)52)17-29(57-19-22-10-11-22)30(25)48(37)12-8-9-13-49-33-26(18-24(32(40)53)36(43-33)56-5)42-38(49)45-35(55)28-15-21(4)47-51(28)7-2/h8-9,14-18,22,31,52H,6-7,10-13,19,39H2,1-5H3,(H2,40,53)(H,41,44,54)(H,42,45,55)/b9-8+. The van der Waals surface area contributed by atoms with E-state index < -0.39 is 23.9 Å². The molecule has 19 heteroatoms. The number of amides is 3. The molecule has 1 aromatic carbocycles. The topological polar surface area (TPSA) is 250 Å². The molecule has 0 spiro atoms. The van der Waals surface area contributed by atoms with Gasteiger partial charge < -0.3 is 30.6 Å². The molecular formula is C38H45N13O6. The molecule has 5 aromatic heterocycles. The van der Waals surface area contributed by atoms with Crippen LogP contribution in [-0.4, -0.2) is 80.2 Å². The summed E-state index contributed by atoms with van der Waals surface area (Å²) in [7, 11) is 1.38. The summed E-state index contributed by atoms with van der Waals surface area (Å²) in [6.07, 6.45) is 4.54. The summed E-state index contributed by atoms with van der Waals surface area (Å²) in [5.41, 5.74) is 15.7. The number of aryl methyl sites for hydroxylation is 4. The number of carbonyl (C=O) groups excluding carboxylic acids is 3. The first-order valence-corrected chi connectivity index (χ1v) is 18.6. The Labute approximate surface area is 326 Å². The number of nitrogens with two attached hydrogens (primary N) is 2. The number of fused-ring (bicyclic) bond motifs is 2. The van der Waals surface area contributed by atoms with Crippen LogP contribution in [0.5, 0.6) is 11.6 Å². The van der Waals surface area contributed by atoms with Crippen LogP contribution >= 0.6 is 0 Å². The van der Waals surface area contributed by atoms with Crippen molar-refractivity contribution in [1.29, 1.82) is 0 Å². The summed E-state index contributed by atoms with van der Waals surface area (Å²) >= 11 is 0. The fourth-order valence-electron chi connectivity index (χ4n) is 6.56. The van der Waals surface area contributed by atoms with Crippen LogP contribution in [0.2, 0.25) is 0 Å². The number of allylic oxidation sites excluding steroid dienone is 2. The Balaban J connectivity index is 1.27. The number of rotatable bonds is 16. The van der Waals surface area contributed by atoms with Gasteiger partial charge in [0.15, 0.2) is 5.65 Å². The largest absolute Gasteiger partial charge is 0.491 e. The van der Waals surface area contributed by atoms with Crippen molar-refractivity contribution in [2.75, 3.05) is 24.4 Å². The van der Waals surface area contributed by atoms with Gasteiger partial charge in [0.1, 0.15) is 40.0 Å². The normalized spacial score (nSPS) is 13.5. The molecule has 1 atom stereocenters. The first-order chi connectivity index (χ1) is 27.4. The average Bonchev–Trinajstić information content (AvgIpc) is 3.47. The number of aromatic nitrogens is 9. The van der Waals surface area contributed by atoms with E-state index in [2.05, 4.69) is 30.8 Å². The van der Waals surface area contributed by atoms with Crippen LogP contribution in [0.3, 0.4) is 0 Å². The number of imidazole rings is 2. The highest BCUT2D eigenvalue weighted by Crippen LogP contribution is 2.35. The highest BCUT2D eigenvalue weighted by atomic mass is 16.5. The lowest BCUT2D eigenvalue weighted by Crippen LogP contribution is -2.20. The molecule has 7 rings (SSSR count). The number of anilines is 2. The molecule has 1 unspecified atom stereocenters. The predicted molar refractivity (Wildman–Crippen MR) is 210 cm³/mol. The quantitative estimate of drug-likeness (QED) is 0.0700. The number of carbonyl (C=O) groups is 3. The number of hydrogen-bond acceptors (Lipinski definition) is 12. The number of benzene rings is 1. The summed E-state index contributed by atoms with van der Waals surface area (Å²) in [6, 6.07) is 8.21. The molecule has 0 bridgehead atoms. The van der Waals surface area contributed by atoms with Crippen LogP contribution < -0.4 is 31.6 Å². The molecule has 1 saturated carbocycles. The van der Waals surface area contributed by atoms with Gasteiger partial charge >= 0.3 is 0 Å². The Hall–Kier alpha value is -6.60. The number of nitrogens with zero attached hydrogens (tertiary/aromatic N) is 9. The maximum absolute atomic E-state index is 13.7. The number of aliphatic hydroxyl groups is 1. The molecule has 3 amide bonds. The fraction of sp³-hybridized carbons (Fsp3) is 0.368. The van der Waals surface area contributed by atoms with Crippen LogP contribution in [0.1, 0.15) is 81.2 Å². The third-order valence-corrected chi connectivity index (χ3v) is 9.55. The maximum atomic E-state index is 13.7. The van der Waals surface area contributed by atoms with E-state index in [0.29, 0.717) is 81.9 Å². The summed E-state index contributed by atoms with van der Waals surface area (Å²) in [5, 5.41) is 25.0. The molecule has 0 aliphatic heterocycles. The van der Waals surface area contributed by atoms with E-state index in [0.717, 1.165) is 12.8 Å². The van der Waals surface area contributed by atoms with Crippen molar-refractivity contribution >= 4 is 51.8 Å². The number of pyridine rings is 1. The molecule has 57 heavy (non-hydrogen) atoms. The van der Waals surface area contributed by atoms with Crippen molar-refractivity contribution in [3.63, 3.8) is 0 Å². The summed E-state index contributed by atoms with van der Waals surface area (Å²) in [4.78, 5) is 53.4. The van der Waals surface area contributed by atoms with Gasteiger partial charge in [0.05, 0.1) is 30.6 Å². The van der Waals surface area contributed by atoms with Gasteiger partial charge in [0.25, 0.3) is 17.7 Å². The van der Waals surface area contributed by atoms with Crippen molar-refractivity contribution in [3.8, 4) is 11.6 Å². The Bertz CT molecular complexity index is 2540. The summed E-state index contributed by atoms with van der Waals surface area (Å²) < 4.78 is 18.4. The zero-order chi connectivity index (χ0) is 40.5. The van der Waals surface area contributed by atoms with Crippen molar-refractivity contribution in [3.05, 3.63) is 76.4 Å². The lowest BCUT2D eigenvalue weighted by molar-refractivity contribution is 0.0991. The lowest BCUT2D eigenvalue weighted by Gasteiger charge is -2.14. The molecule has 6 aromatic rings. The van der Waals surface area contributed by atoms with Crippen molar-refractivity contribution in [1.82, 2.24) is 43.6 Å². The van der Waals surface area contributed by atoms with Crippen LogP contribution in [-0.2, 0) is 26.2 Å². The molecule has 1 fully saturated rings. The molecule has 19 nitrogen and oxygen atoms in total. The van der Waals surface area contributed by atoms with Crippen molar-refractivity contribution in [2.24, 2.45) is 17.4 Å². The third-order valence-electron chi connectivity index (χ3n) is 9.55. The van der Waals surface area contributed by atoms with Gasteiger partial charge in [-0.05, 0) is 76.8 Å². The number of methoxy groups -OCH3 is 1. The molecular weight excluding hydrogens is 735 g/mol. The van der Waals surface area contributed by atoms with E-state index in [1.807, 2.05) is 37.5 Å². The first kappa shape index (κ1) is 38.7. The van der Waals surface area contributed by atoms with Gasteiger partial charge in [0.2, 0.25) is 17.8 Å². The minimum atomic E-state index is -1.28. The Kier molecular flexibility index (Phi) is 10.8. The Morgan fingerprint density at radius 3 is 2.00 bits per heavy atom. The SMILES string of the molecule is CCn1nc(C)cc1C(=O)Nc1nc2cc(C(N)=O)c(OC)nc2n1C/C=C/Cn1c(NC(=O)c2cc(C)nn2CC)nc2cc(C(N)O)cc(OCC3CC3)c21. The van der Waals surface area contributed by atoms with Crippen LogP contribution in [0, 0.1) is 19.8 Å². The van der Waals surface area contributed by atoms with Crippen LogP contribution in [0.4, 0.5) is 11.9 Å². The molecule has 0 radical (unpaired) electrons. The average molecular weight is 780 g/mol. The van der Waals surface area contributed by atoms with Crippen LogP contribution in [0.25, 0.3) is 22.2 Å². The van der Waals surface area contributed by atoms with Gasteiger partial charge in [-0.25, -0.2) is 9.97 Å². The number of aliphatic hydroxyl groups excluding tert-OH is 1. The maximum Gasteiger partial charge on any atom is 0.276 e. The zero-order valence-corrected chi connectivity index (χ0v) is 32.3. The Morgan fingerprint density at radius 2 is 1.46 bits per heavy atom. The van der Waals surface area contributed by atoms with E-state index in [1.165, 1.54) is 13.2 Å². The van der Waals surface area contributed by atoms with Gasteiger partial charge in [-0.2, -0.15) is 15.2 Å². The van der Waals surface area contributed by atoms with Gasteiger partial charge in [-0.3, -0.25) is 38.9 Å². The predicted octanol–water partition coefficient (Wildman–Crippen LogP) is 3.44. The molecule has 1 aliphatic rings. The highest BCUT2D eigenvalue weighted by molar-refractivity contribution is 6.04. The molecule has 7 N–H and O–H groups in total. The number of primary amides is 1. The van der Waals surface area contributed by atoms with E-state index in [9.17, 15) is 19.5 Å². The molecule has 5 heterocycles. The molecule has 0 saturated heterocycles. The monoisotopic (exact) mass is 779 g/mol. The summed E-state index contributed by atoms with van der Waals surface area (Å²) in [6.45, 7) is 9.20. The van der Waals surface area contributed by atoms with E-state index >= 15 is 0 Å². The van der Waals surface area contributed by atoms with Gasteiger partial charge in [0, 0.05) is 31.7 Å². The number of hydrogen-bond donors (Lipinski definition) is 5. The second kappa shape index (κ2) is 15.9. The van der Waals surface area contributed by atoms with Gasteiger partial charge in [-0.15, -0.1) is 0 Å². The third kappa shape index (κ3) is 7.92. The fourth-order valence-corrected chi connectivity index (χ4v) is 6.56. The first-order valence-electron chi connectivity index (χ1n) is 18.6. The van der Waals surface area contributed by atoms with E-state index in [4.69, 9.17) is 25.9 Å². The number of ether oxygens (including phenoxy) is 2.